The first kappa shape index (κ1) is 38.1. The van der Waals surface area contributed by atoms with Crippen molar-refractivity contribution in [3.8, 4) is 11.5 Å². The fraction of sp³-hybridized carbons (Fsp3) is 0.0652. The Hall–Kier alpha value is -7.24. The quantitative estimate of drug-likeness (QED) is 0.0832. The zero-order chi connectivity index (χ0) is 39.9. The predicted octanol–water partition coefficient (Wildman–Crippen LogP) is 8.36. The number of ether oxygens (including phenoxy) is 2. The van der Waals surface area contributed by atoms with E-state index in [0.29, 0.717) is 49.9 Å². The van der Waals surface area contributed by atoms with E-state index in [4.69, 9.17) is 9.47 Å². The second kappa shape index (κ2) is 17.1. The van der Waals surface area contributed by atoms with E-state index in [1.807, 2.05) is 30.3 Å². The number of methoxy groups -OCH3 is 2. The highest BCUT2D eigenvalue weighted by Gasteiger charge is 2.33. The molecular formula is C46H35N3O7S. The molecule has 3 amide bonds. The van der Waals surface area contributed by atoms with Crippen molar-refractivity contribution in [2.45, 2.75) is 10.1 Å². The van der Waals surface area contributed by atoms with Crippen molar-refractivity contribution in [3.05, 3.63) is 190 Å². The van der Waals surface area contributed by atoms with E-state index in [1.54, 1.807) is 115 Å². The van der Waals surface area contributed by atoms with Crippen molar-refractivity contribution in [3.63, 3.8) is 0 Å². The van der Waals surface area contributed by atoms with Gasteiger partial charge in [-0.1, -0.05) is 97.1 Å². The molecule has 0 fully saturated rings. The molecule has 0 bridgehead atoms. The van der Waals surface area contributed by atoms with E-state index < -0.39 is 23.0 Å². The first-order chi connectivity index (χ1) is 27.7. The van der Waals surface area contributed by atoms with Crippen LogP contribution in [0, 0.1) is 0 Å². The summed E-state index contributed by atoms with van der Waals surface area (Å²) in [5.41, 5.74) is 3.24. The molecule has 10 nitrogen and oxygen atoms in total. The normalized spacial score (nSPS) is 12.4. The van der Waals surface area contributed by atoms with E-state index in [2.05, 4.69) is 16.0 Å². The van der Waals surface area contributed by atoms with E-state index in [1.165, 1.54) is 32.1 Å². The number of fused-ring (bicyclic) bond motifs is 2. The van der Waals surface area contributed by atoms with Crippen molar-refractivity contribution in [2.24, 2.45) is 0 Å². The number of para-hydroxylation sites is 1. The van der Waals surface area contributed by atoms with Crippen molar-refractivity contribution in [2.75, 3.05) is 24.9 Å². The van der Waals surface area contributed by atoms with Crippen LogP contribution in [0.3, 0.4) is 0 Å². The Morgan fingerprint density at radius 2 is 1.26 bits per heavy atom. The van der Waals surface area contributed by atoms with Crippen LogP contribution in [0.1, 0.15) is 58.6 Å². The summed E-state index contributed by atoms with van der Waals surface area (Å²) in [5, 5.41) is 7.76. The maximum absolute atomic E-state index is 14.1. The van der Waals surface area contributed by atoms with E-state index >= 15 is 0 Å². The van der Waals surface area contributed by atoms with Gasteiger partial charge in [0, 0.05) is 38.4 Å². The third-order valence-corrected chi connectivity index (χ3v) is 10.4. The van der Waals surface area contributed by atoms with Gasteiger partial charge in [0.15, 0.2) is 23.1 Å². The van der Waals surface area contributed by atoms with Crippen LogP contribution >= 0.6 is 11.8 Å². The lowest BCUT2D eigenvalue weighted by atomic mass is 9.83. The molecule has 0 spiro atoms. The van der Waals surface area contributed by atoms with E-state index in [0.717, 1.165) is 0 Å². The molecular weight excluding hydrogens is 739 g/mol. The molecule has 11 heteroatoms. The standard InChI is InChI=1S/C46H35N3O7S/c1-55-38-22-11-17-30(42(38)56-2)27-37(49-44(52)29-15-7-4-8-16-29)45(53)47-31-23-25-32(26-24-31)57-43(28-13-5-3-6-14-28)46(54)48-36-21-12-20-35-39(36)41(51)34-19-10-9-18-33(34)40(35)50/h3-27,43H,1-2H3,(H,47,53)(H,48,54)(H,49,52)/b37-27-. The number of anilines is 2. The average Bonchev–Trinajstić information content (AvgIpc) is 3.25. The van der Waals surface area contributed by atoms with Gasteiger partial charge in [-0.15, -0.1) is 11.8 Å². The number of rotatable bonds is 12. The maximum atomic E-state index is 14.1. The highest BCUT2D eigenvalue weighted by Crippen LogP contribution is 2.39. The van der Waals surface area contributed by atoms with Crippen molar-refractivity contribution >= 4 is 58.5 Å². The average molecular weight is 774 g/mol. The van der Waals surface area contributed by atoms with Crippen LogP contribution in [0.4, 0.5) is 11.4 Å². The molecule has 1 atom stereocenters. The Morgan fingerprint density at radius 1 is 0.632 bits per heavy atom. The fourth-order valence-corrected chi connectivity index (χ4v) is 7.45. The number of hydrogen-bond donors (Lipinski definition) is 3. The van der Waals surface area contributed by atoms with Gasteiger partial charge in [0.1, 0.15) is 10.9 Å². The summed E-state index contributed by atoms with van der Waals surface area (Å²) in [5.74, 6) is -1.24. The summed E-state index contributed by atoms with van der Waals surface area (Å²) in [7, 11) is 2.99. The highest BCUT2D eigenvalue weighted by molar-refractivity contribution is 8.00. The van der Waals surface area contributed by atoms with Crippen LogP contribution in [0.5, 0.6) is 11.5 Å². The Morgan fingerprint density at radius 3 is 1.95 bits per heavy atom. The molecule has 0 saturated heterocycles. The van der Waals surface area contributed by atoms with Crippen LogP contribution in [0.15, 0.2) is 156 Å². The van der Waals surface area contributed by atoms with Crippen molar-refractivity contribution in [1.29, 1.82) is 0 Å². The van der Waals surface area contributed by atoms with Gasteiger partial charge in [0.2, 0.25) is 5.91 Å². The highest BCUT2D eigenvalue weighted by atomic mass is 32.2. The summed E-state index contributed by atoms with van der Waals surface area (Å²) in [6.07, 6.45) is 1.51. The third kappa shape index (κ3) is 8.24. The Kier molecular flexibility index (Phi) is 11.4. The Labute approximate surface area is 332 Å². The minimum atomic E-state index is -0.759. The van der Waals surface area contributed by atoms with E-state index in [9.17, 15) is 24.0 Å². The van der Waals surface area contributed by atoms with Crippen LogP contribution < -0.4 is 25.4 Å². The fourth-order valence-electron chi connectivity index (χ4n) is 6.42. The number of nitrogens with one attached hydrogen (secondary N) is 3. The molecule has 0 heterocycles. The van der Waals surface area contributed by atoms with Gasteiger partial charge in [0.05, 0.1) is 25.5 Å². The second-order valence-electron chi connectivity index (χ2n) is 12.8. The van der Waals surface area contributed by atoms with Crippen molar-refractivity contribution < 1.29 is 33.4 Å². The molecule has 7 rings (SSSR count). The van der Waals surface area contributed by atoms with Gasteiger partial charge in [0.25, 0.3) is 11.8 Å². The summed E-state index contributed by atoms with van der Waals surface area (Å²) in [6.45, 7) is 0. The van der Waals surface area contributed by atoms with Gasteiger partial charge >= 0.3 is 0 Å². The van der Waals surface area contributed by atoms with Crippen LogP contribution in [0.2, 0.25) is 0 Å². The zero-order valence-corrected chi connectivity index (χ0v) is 31.6. The van der Waals surface area contributed by atoms with Gasteiger partial charge in [-0.05, 0) is 60.2 Å². The smallest absolute Gasteiger partial charge is 0.272 e. The molecule has 1 unspecified atom stereocenters. The Bertz CT molecular complexity index is 2540. The van der Waals surface area contributed by atoms with Gasteiger partial charge in [-0.25, -0.2) is 0 Å². The van der Waals surface area contributed by atoms with Crippen LogP contribution in [-0.2, 0) is 9.59 Å². The number of hydrogen-bond acceptors (Lipinski definition) is 8. The number of thioether (sulfide) groups is 1. The molecule has 3 N–H and O–H groups in total. The number of ketones is 2. The third-order valence-electron chi connectivity index (χ3n) is 9.18. The zero-order valence-electron chi connectivity index (χ0n) is 30.8. The molecule has 6 aromatic carbocycles. The topological polar surface area (TPSA) is 140 Å². The molecule has 57 heavy (non-hydrogen) atoms. The Balaban J connectivity index is 1.12. The molecule has 282 valence electrons. The molecule has 1 aliphatic carbocycles. The molecule has 6 aromatic rings. The lowest BCUT2D eigenvalue weighted by molar-refractivity contribution is -0.116. The molecule has 1 aliphatic rings. The molecule has 0 radical (unpaired) electrons. The SMILES string of the molecule is COc1cccc(/C=C(\NC(=O)c2ccccc2)C(=O)Nc2ccc(SC(C(=O)Nc3cccc4c3C(=O)c3ccccc3C4=O)c3ccccc3)cc2)c1OC. The number of carbonyl (C=O) groups is 5. The number of benzene rings is 6. The van der Waals surface area contributed by atoms with Crippen LogP contribution in [-0.4, -0.2) is 43.5 Å². The predicted molar refractivity (Wildman–Crippen MR) is 220 cm³/mol. The molecule has 0 aromatic heterocycles. The lowest BCUT2D eigenvalue weighted by Gasteiger charge is -2.22. The first-order valence-electron chi connectivity index (χ1n) is 17.8. The number of amides is 3. The van der Waals surface area contributed by atoms with Gasteiger partial charge in [-0.2, -0.15) is 0 Å². The molecule has 0 aliphatic heterocycles. The summed E-state index contributed by atoms with van der Waals surface area (Å²) < 4.78 is 11.0. The van der Waals surface area contributed by atoms with Crippen molar-refractivity contribution in [1.82, 2.24) is 5.32 Å². The molecule has 0 saturated carbocycles. The minimum absolute atomic E-state index is 0.0403. The largest absolute Gasteiger partial charge is 0.493 e. The second-order valence-corrected chi connectivity index (χ2v) is 13.9. The van der Waals surface area contributed by atoms with Gasteiger partial charge in [-0.3, -0.25) is 24.0 Å². The first-order valence-corrected chi connectivity index (χ1v) is 18.7. The summed E-state index contributed by atoms with van der Waals surface area (Å²) in [6, 6.07) is 41.4. The summed E-state index contributed by atoms with van der Waals surface area (Å²) >= 11 is 1.27. The lowest BCUT2D eigenvalue weighted by Crippen LogP contribution is -2.30. The van der Waals surface area contributed by atoms with Gasteiger partial charge < -0.3 is 25.4 Å². The maximum Gasteiger partial charge on any atom is 0.272 e. The monoisotopic (exact) mass is 773 g/mol. The van der Waals surface area contributed by atoms with Crippen LogP contribution in [0.25, 0.3) is 6.08 Å². The summed E-state index contributed by atoms with van der Waals surface area (Å²) in [4.78, 5) is 68.8. The van der Waals surface area contributed by atoms with E-state index in [-0.39, 0.29) is 34.1 Å². The number of carbonyl (C=O) groups excluding carboxylic acids is 5. The minimum Gasteiger partial charge on any atom is -0.493 e.